The zero-order chi connectivity index (χ0) is 21.0. The minimum atomic E-state index is -3.39. The van der Waals surface area contributed by atoms with Gasteiger partial charge in [0, 0.05) is 11.8 Å². The van der Waals surface area contributed by atoms with Gasteiger partial charge in [0.25, 0.3) is 0 Å². The summed E-state index contributed by atoms with van der Waals surface area (Å²) >= 11 is 0. The molecule has 0 spiro atoms. The number of aromatic nitrogens is 3. The number of nitrogens with zero attached hydrogens (tertiary/aromatic N) is 3. The van der Waals surface area contributed by atoms with Gasteiger partial charge >= 0.3 is 0 Å². The molecule has 0 aliphatic rings. The summed E-state index contributed by atoms with van der Waals surface area (Å²) in [6.45, 7) is 3.68. The van der Waals surface area contributed by atoms with Crippen molar-refractivity contribution < 1.29 is 17.5 Å². The van der Waals surface area contributed by atoms with Crippen LogP contribution in [0.4, 0.5) is 21.7 Å². The van der Waals surface area contributed by atoms with Gasteiger partial charge in [-0.15, -0.1) is 0 Å². The normalized spacial score (nSPS) is 11.3. The monoisotopic (exact) mass is 417 g/mol. The van der Waals surface area contributed by atoms with Crippen LogP contribution in [-0.4, -0.2) is 35.7 Å². The summed E-state index contributed by atoms with van der Waals surface area (Å²) in [5.74, 6) is 0.457. The van der Waals surface area contributed by atoms with Crippen LogP contribution in [-0.2, 0) is 10.0 Å². The lowest BCUT2D eigenvalue weighted by molar-refractivity contribution is 0.242. The summed E-state index contributed by atoms with van der Waals surface area (Å²) in [5, 5.41) is 3.00. The second-order valence-electron chi connectivity index (χ2n) is 6.52. The minimum Gasteiger partial charge on any atom is -0.490 e. The molecule has 0 saturated heterocycles. The smallest absolute Gasteiger partial charge is 0.230 e. The van der Waals surface area contributed by atoms with Crippen LogP contribution >= 0.6 is 0 Å². The lowest BCUT2D eigenvalue weighted by Crippen LogP contribution is -2.09. The summed E-state index contributed by atoms with van der Waals surface area (Å²) < 4.78 is 44.5. The zero-order valence-electron chi connectivity index (χ0n) is 16.0. The molecule has 0 unspecified atom stereocenters. The van der Waals surface area contributed by atoms with Crippen LogP contribution in [0.3, 0.4) is 0 Å². The Labute approximate surface area is 168 Å². The quantitative estimate of drug-likeness (QED) is 0.605. The van der Waals surface area contributed by atoms with Crippen LogP contribution in [0.25, 0.3) is 11.4 Å². The van der Waals surface area contributed by atoms with Gasteiger partial charge in [-0.3, -0.25) is 4.72 Å². The number of nitrogens with one attached hydrogen (secondary N) is 2. The molecule has 0 bridgehead atoms. The lowest BCUT2D eigenvalue weighted by atomic mass is 10.2. The Bertz CT molecular complexity index is 1120. The van der Waals surface area contributed by atoms with Crippen LogP contribution in [0.1, 0.15) is 13.8 Å². The number of hydrogen-bond acceptors (Lipinski definition) is 7. The highest BCUT2D eigenvalue weighted by molar-refractivity contribution is 7.92. The largest absolute Gasteiger partial charge is 0.490 e. The van der Waals surface area contributed by atoms with E-state index in [9.17, 15) is 12.8 Å². The first-order valence-corrected chi connectivity index (χ1v) is 10.6. The summed E-state index contributed by atoms with van der Waals surface area (Å²) in [4.78, 5) is 12.6. The standard InChI is InChI=1S/C19H20FN5O3S/c1-12(2)28-17-9-13(20)7-8-16(17)18-21-11-22-19(24-18)23-14-5-4-6-15(10-14)25-29(3,26)27/h4-12,25H,1-3H3,(H,21,22,23,24). The molecule has 0 aliphatic heterocycles. The second kappa shape index (κ2) is 8.39. The lowest BCUT2D eigenvalue weighted by Gasteiger charge is -2.14. The third-order valence-electron chi connectivity index (χ3n) is 3.54. The summed E-state index contributed by atoms with van der Waals surface area (Å²) in [5.41, 5.74) is 1.50. The maximum absolute atomic E-state index is 13.6. The fourth-order valence-corrected chi connectivity index (χ4v) is 3.08. The van der Waals surface area contributed by atoms with Crippen LogP contribution in [0, 0.1) is 5.82 Å². The maximum Gasteiger partial charge on any atom is 0.230 e. The van der Waals surface area contributed by atoms with Crippen molar-refractivity contribution in [1.82, 2.24) is 15.0 Å². The molecule has 29 heavy (non-hydrogen) atoms. The molecule has 8 nitrogen and oxygen atoms in total. The molecule has 1 aromatic heterocycles. The molecule has 0 atom stereocenters. The van der Waals surface area contributed by atoms with Crippen LogP contribution < -0.4 is 14.8 Å². The van der Waals surface area contributed by atoms with Gasteiger partial charge in [-0.25, -0.2) is 22.8 Å². The van der Waals surface area contributed by atoms with Crippen molar-refractivity contribution in [3.05, 3.63) is 54.6 Å². The Balaban J connectivity index is 1.89. The van der Waals surface area contributed by atoms with Gasteiger partial charge in [-0.1, -0.05) is 6.07 Å². The SMILES string of the molecule is CC(C)Oc1cc(F)ccc1-c1ncnc(Nc2cccc(NS(C)(=O)=O)c2)n1. The average molecular weight is 417 g/mol. The van der Waals surface area contributed by atoms with Gasteiger partial charge < -0.3 is 10.1 Å². The Morgan fingerprint density at radius 2 is 1.83 bits per heavy atom. The average Bonchev–Trinajstić information content (AvgIpc) is 2.60. The number of benzene rings is 2. The van der Waals surface area contributed by atoms with E-state index < -0.39 is 15.8 Å². The Kier molecular flexibility index (Phi) is 5.92. The van der Waals surface area contributed by atoms with E-state index in [-0.39, 0.29) is 12.1 Å². The number of ether oxygens (including phenoxy) is 1. The number of sulfonamides is 1. The maximum atomic E-state index is 13.6. The van der Waals surface area contributed by atoms with E-state index in [4.69, 9.17) is 4.74 Å². The van der Waals surface area contributed by atoms with Crippen molar-refractivity contribution in [1.29, 1.82) is 0 Å². The van der Waals surface area contributed by atoms with Crippen molar-refractivity contribution in [3.63, 3.8) is 0 Å². The Hall–Kier alpha value is -3.27. The minimum absolute atomic E-state index is 0.153. The predicted octanol–water partition coefficient (Wildman–Crippen LogP) is 3.58. The Morgan fingerprint density at radius 3 is 2.55 bits per heavy atom. The highest BCUT2D eigenvalue weighted by atomic mass is 32.2. The number of hydrogen-bond donors (Lipinski definition) is 2. The molecular weight excluding hydrogens is 397 g/mol. The topological polar surface area (TPSA) is 106 Å². The van der Waals surface area contributed by atoms with Crippen LogP contribution in [0.5, 0.6) is 5.75 Å². The second-order valence-corrected chi connectivity index (χ2v) is 8.27. The summed E-state index contributed by atoms with van der Waals surface area (Å²) in [6.07, 6.45) is 2.25. The molecular formula is C19H20FN5O3S. The fourth-order valence-electron chi connectivity index (χ4n) is 2.52. The highest BCUT2D eigenvalue weighted by Gasteiger charge is 2.13. The van der Waals surface area contributed by atoms with E-state index >= 15 is 0 Å². The van der Waals surface area contributed by atoms with E-state index in [1.165, 1.54) is 18.5 Å². The third-order valence-corrected chi connectivity index (χ3v) is 4.15. The molecule has 0 amide bonds. The van der Waals surface area contributed by atoms with Crippen molar-refractivity contribution in [3.8, 4) is 17.1 Å². The molecule has 3 rings (SSSR count). The van der Waals surface area contributed by atoms with Gasteiger partial charge in [-0.05, 0) is 44.2 Å². The van der Waals surface area contributed by atoms with Gasteiger partial charge in [0.1, 0.15) is 17.9 Å². The molecule has 1 heterocycles. The van der Waals surface area contributed by atoms with Crippen LogP contribution in [0.2, 0.25) is 0 Å². The van der Waals surface area contributed by atoms with E-state index in [1.807, 2.05) is 13.8 Å². The van der Waals surface area contributed by atoms with Gasteiger partial charge in [-0.2, -0.15) is 4.98 Å². The summed E-state index contributed by atoms with van der Waals surface area (Å²) in [6, 6.07) is 10.8. The molecule has 10 heteroatoms. The van der Waals surface area contributed by atoms with Gasteiger partial charge in [0.15, 0.2) is 5.82 Å². The van der Waals surface area contributed by atoms with Crippen LogP contribution in [0.15, 0.2) is 48.8 Å². The first-order chi connectivity index (χ1) is 13.7. The molecule has 2 N–H and O–H groups in total. The molecule has 0 fully saturated rings. The molecule has 0 saturated carbocycles. The number of anilines is 3. The number of halogens is 1. The fraction of sp³-hybridized carbons (Fsp3) is 0.211. The third kappa shape index (κ3) is 5.85. The molecule has 152 valence electrons. The molecule has 3 aromatic rings. The first-order valence-electron chi connectivity index (χ1n) is 8.70. The Morgan fingerprint density at radius 1 is 1.07 bits per heavy atom. The molecule has 2 aromatic carbocycles. The van der Waals surface area contributed by atoms with Crippen molar-refractivity contribution >= 4 is 27.3 Å². The van der Waals surface area contributed by atoms with E-state index in [0.29, 0.717) is 28.5 Å². The van der Waals surface area contributed by atoms with Gasteiger partial charge in [0.2, 0.25) is 16.0 Å². The van der Waals surface area contributed by atoms with E-state index in [0.717, 1.165) is 6.26 Å². The predicted molar refractivity (Wildman–Crippen MR) is 109 cm³/mol. The van der Waals surface area contributed by atoms with E-state index in [1.54, 1.807) is 30.3 Å². The number of rotatable bonds is 7. The zero-order valence-corrected chi connectivity index (χ0v) is 16.9. The molecule has 0 aliphatic carbocycles. The van der Waals surface area contributed by atoms with Gasteiger partial charge in [0.05, 0.1) is 23.6 Å². The first kappa shape index (κ1) is 20.5. The summed E-state index contributed by atoms with van der Waals surface area (Å²) in [7, 11) is -3.39. The van der Waals surface area contributed by atoms with Crippen molar-refractivity contribution in [2.45, 2.75) is 20.0 Å². The van der Waals surface area contributed by atoms with E-state index in [2.05, 4.69) is 25.0 Å². The van der Waals surface area contributed by atoms with Crippen molar-refractivity contribution in [2.24, 2.45) is 0 Å². The molecule has 0 radical (unpaired) electrons. The highest BCUT2D eigenvalue weighted by Crippen LogP contribution is 2.30. The van der Waals surface area contributed by atoms with Crippen molar-refractivity contribution in [2.75, 3.05) is 16.3 Å².